The zero-order chi connectivity index (χ0) is 15.9. The SMILES string of the molecule is CCN(CCCNCc1cc(C)ccc1OC)S(C)(=O)=O. The summed E-state index contributed by atoms with van der Waals surface area (Å²) in [5.74, 6) is 0.874. The molecular weight excluding hydrogens is 288 g/mol. The van der Waals surface area contributed by atoms with Gasteiger partial charge in [-0.1, -0.05) is 24.6 Å². The highest BCUT2D eigenvalue weighted by Crippen LogP contribution is 2.19. The van der Waals surface area contributed by atoms with Crippen molar-refractivity contribution in [2.24, 2.45) is 0 Å². The number of hydrogen-bond donors (Lipinski definition) is 1. The van der Waals surface area contributed by atoms with Gasteiger partial charge in [-0.2, -0.15) is 0 Å². The maximum Gasteiger partial charge on any atom is 0.211 e. The molecule has 0 fully saturated rings. The van der Waals surface area contributed by atoms with Gasteiger partial charge in [-0.3, -0.25) is 0 Å². The maximum absolute atomic E-state index is 11.5. The first-order valence-corrected chi connectivity index (χ1v) is 9.02. The summed E-state index contributed by atoms with van der Waals surface area (Å²) >= 11 is 0. The Balaban J connectivity index is 2.40. The number of hydrogen-bond acceptors (Lipinski definition) is 4. The van der Waals surface area contributed by atoms with E-state index in [1.807, 2.05) is 26.0 Å². The Morgan fingerprint density at radius 3 is 2.62 bits per heavy atom. The van der Waals surface area contributed by atoms with Crippen molar-refractivity contribution < 1.29 is 13.2 Å². The van der Waals surface area contributed by atoms with Gasteiger partial charge in [0.05, 0.1) is 13.4 Å². The van der Waals surface area contributed by atoms with Gasteiger partial charge >= 0.3 is 0 Å². The van der Waals surface area contributed by atoms with Crippen molar-refractivity contribution in [1.82, 2.24) is 9.62 Å². The van der Waals surface area contributed by atoms with E-state index in [0.717, 1.165) is 30.8 Å². The van der Waals surface area contributed by atoms with Crippen LogP contribution in [0.3, 0.4) is 0 Å². The van der Waals surface area contributed by atoms with Crippen LogP contribution in [0.15, 0.2) is 18.2 Å². The minimum Gasteiger partial charge on any atom is -0.496 e. The second-order valence-electron chi connectivity index (χ2n) is 5.10. The highest BCUT2D eigenvalue weighted by molar-refractivity contribution is 7.88. The molecule has 0 amide bonds. The van der Waals surface area contributed by atoms with Crippen molar-refractivity contribution in [3.63, 3.8) is 0 Å². The Labute approximate surface area is 128 Å². The van der Waals surface area contributed by atoms with Crippen LogP contribution in [-0.4, -0.2) is 45.7 Å². The first kappa shape index (κ1) is 17.9. The molecule has 0 unspecified atom stereocenters. The molecule has 21 heavy (non-hydrogen) atoms. The molecule has 0 aliphatic rings. The van der Waals surface area contributed by atoms with E-state index in [9.17, 15) is 8.42 Å². The molecule has 120 valence electrons. The molecular formula is C15H26N2O3S. The van der Waals surface area contributed by atoms with Crippen LogP contribution in [0.1, 0.15) is 24.5 Å². The van der Waals surface area contributed by atoms with Gasteiger partial charge in [0, 0.05) is 25.2 Å². The number of methoxy groups -OCH3 is 1. The summed E-state index contributed by atoms with van der Waals surface area (Å²) in [5.41, 5.74) is 2.31. The summed E-state index contributed by atoms with van der Waals surface area (Å²) in [6.45, 7) is 6.46. The second-order valence-corrected chi connectivity index (χ2v) is 7.08. The Kier molecular flexibility index (Phi) is 7.14. The van der Waals surface area contributed by atoms with E-state index >= 15 is 0 Å². The molecule has 0 saturated carbocycles. The minimum atomic E-state index is -3.09. The van der Waals surface area contributed by atoms with Crippen molar-refractivity contribution in [3.8, 4) is 5.75 Å². The van der Waals surface area contributed by atoms with Crippen LogP contribution in [-0.2, 0) is 16.6 Å². The fourth-order valence-electron chi connectivity index (χ4n) is 2.21. The lowest BCUT2D eigenvalue weighted by Crippen LogP contribution is -2.32. The molecule has 0 atom stereocenters. The Morgan fingerprint density at radius 2 is 2.05 bits per heavy atom. The summed E-state index contributed by atoms with van der Waals surface area (Å²) in [7, 11) is -1.42. The first-order chi connectivity index (χ1) is 9.88. The number of sulfonamides is 1. The predicted molar refractivity (Wildman–Crippen MR) is 86.1 cm³/mol. The Bertz CT molecular complexity index is 544. The van der Waals surface area contributed by atoms with Gasteiger partial charge in [-0.25, -0.2) is 12.7 Å². The molecule has 1 N–H and O–H groups in total. The predicted octanol–water partition coefficient (Wildman–Crippen LogP) is 1.76. The standard InChI is InChI=1S/C15H26N2O3S/c1-5-17(21(4,18)19)10-6-9-16-12-14-11-13(2)7-8-15(14)20-3/h7-8,11,16H,5-6,9-10,12H2,1-4H3. The molecule has 0 bridgehead atoms. The fraction of sp³-hybridized carbons (Fsp3) is 0.600. The molecule has 1 aromatic rings. The molecule has 0 heterocycles. The summed E-state index contributed by atoms with van der Waals surface area (Å²) in [6, 6.07) is 6.09. The third-order valence-corrected chi connectivity index (χ3v) is 4.71. The lowest BCUT2D eigenvalue weighted by molar-refractivity contribution is 0.404. The number of nitrogens with one attached hydrogen (secondary N) is 1. The average Bonchev–Trinajstić information content (AvgIpc) is 2.41. The molecule has 0 saturated heterocycles. The summed E-state index contributed by atoms with van der Waals surface area (Å²) in [4.78, 5) is 0. The maximum atomic E-state index is 11.5. The van der Waals surface area contributed by atoms with Crippen LogP contribution >= 0.6 is 0 Å². The minimum absolute atomic E-state index is 0.518. The van der Waals surface area contributed by atoms with Crippen LogP contribution in [0, 0.1) is 6.92 Å². The number of nitrogens with zero attached hydrogens (tertiary/aromatic N) is 1. The zero-order valence-corrected chi connectivity index (χ0v) is 14.2. The summed E-state index contributed by atoms with van der Waals surface area (Å²) in [6.07, 6.45) is 2.04. The van der Waals surface area contributed by atoms with Crippen molar-refractivity contribution in [1.29, 1.82) is 0 Å². The molecule has 0 aliphatic carbocycles. The summed E-state index contributed by atoms with van der Waals surface area (Å²) in [5, 5.41) is 3.33. The van der Waals surface area contributed by atoms with Crippen LogP contribution in [0.25, 0.3) is 0 Å². The van der Waals surface area contributed by atoms with Gasteiger partial charge in [-0.05, 0) is 26.0 Å². The van der Waals surface area contributed by atoms with Crippen molar-refractivity contribution in [2.75, 3.05) is 33.0 Å². The normalized spacial score (nSPS) is 11.9. The van der Waals surface area contributed by atoms with Crippen molar-refractivity contribution in [3.05, 3.63) is 29.3 Å². The Hall–Kier alpha value is -1.11. The topological polar surface area (TPSA) is 58.6 Å². The second kappa shape index (κ2) is 8.36. The van der Waals surface area contributed by atoms with E-state index in [2.05, 4.69) is 11.4 Å². The summed E-state index contributed by atoms with van der Waals surface area (Å²) < 4.78 is 29.7. The van der Waals surface area contributed by atoms with Gasteiger partial charge in [0.15, 0.2) is 0 Å². The molecule has 0 spiro atoms. The van der Waals surface area contributed by atoms with Crippen LogP contribution in [0.5, 0.6) is 5.75 Å². The molecule has 0 aliphatic heterocycles. The van der Waals surface area contributed by atoms with Crippen LogP contribution < -0.4 is 10.1 Å². The number of aryl methyl sites for hydroxylation is 1. The first-order valence-electron chi connectivity index (χ1n) is 7.17. The quantitative estimate of drug-likeness (QED) is 0.706. The third-order valence-electron chi connectivity index (χ3n) is 3.33. The number of benzene rings is 1. The van der Waals surface area contributed by atoms with E-state index in [-0.39, 0.29) is 0 Å². The molecule has 5 nitrogen and oxygen atoms in total. The van der Waals surface area contributed by atoms with E-state index in [4.69, 9.17) is 4.74 Å². The van der Waals surface area contributed by atoms with E-state index in [0.29, 0.717) is 13.1 Å². The highest BCUT2D eigenvalue weighted by atomic mass is 32.2. The van der Waals surface area contributed by atoms with E-state index in [1.54, 1.807) is 7.11 Å². The van der Waals surface area contributed by atoms with Crippen LogP contribution in [0.2, 0.25) is 0 Å². The lowest BCUT2D eigenvalue weighted by atomic mass is 10.1. The van der Waals surface area contributed by atoms with E-state index in [1.165, 1.54) is 16.1 Å². The smallest absolute Gasteiger partial charge is 0.211 e. The fourth-order valence-corrected chi connectivity index (χ4v) is 3.14. The van der Waals surface area contributed by atoms with Gasteiger partial charge in [0.2, 0.25) is 10.0 Å². The molecule has 1 rings (SSSR count). The number of rotatable bonds is 9. The Morgan fingerprint density at radius 1 is 1.33 bits per heavy atom. The van der Waals surface area contributed by atoms with Gasteiger partial charge in [0.25, 0.3) is 0 Å². The lowest BCUT2D eigenvalue weighted by Gasteiger charge is -2.17. The van der Waals surface area contributed by atoms with E-state index < -0.39 is 10.0 Å². The molecule has 1 aromatic carbocycles. The molecule has 0 aromatic heterocycles. The third kappa shape index (κ3) is 6.03. The molecule has 0 radical (unpaired) electrons. The van der Waals surface area contributed by atoms with Crippen LogP contribution in [0.4, 0.5) is 0 Å². The van der Waals surface area contributed by atoms with Crippen molar-refractivity contribution in [2.45, 2.75) is 26.8 Å². The zero-order valence-electron chi connectivity index (χ0n) is 13.3. The monoisotopic (exact) mass is 314 g/mol. The largest absolute Gasteiger partial charge is 0.496 e. The van der Waals surface area contributed by atoms with Gasteiger partial charge in [0.1, 0.15) is 5.75 Å². The van der Waals surface area contributed by atoms with Crippen molar-refractivity contribution >= 4 is 10.0 Å². The van der Waals surface area contributed by atoms with Gasteiger partial charge in [-0.15, -0.1) is 0 Å². The highest BCUT2D eigenvalue weighted by Gasteiger charge is 2.13. The number of ether oxygens (including phenoxy) is 1. The average molecular weight is 314 g/mol. The van der Waals surface area contributed by atoms with Gasteiger partial charge < -0.3 is 10.1 Å². The molecule has 6 heteroatoms.